The molecule has 0 saturated heterocycles. The molecule has 0 unspecified atom stereocenters. The molecular formula is C19H21N5O3. The second kappa shape index (κ2) is 7.86. The number of fused-ring (bicyclic) bond motifs is 1. The summed E-state index contributed by atoms with van der Waals surface area (Å²) in [6.07, 6.45) is 0.881. The number of nitro groups is 1. The van der Waals surface area contributed by atoms with Crippen LogP contribution in [0.3, 0.4) is 0 Å². The lowest BCUT2D eigenvalue weighted by molar-refractivity contribution is -0.384. The zero-order valence-corrected chi connectivity index (χ0v) is 15.2. The Morgan fingerprint density at radius 3 is 2.70 bits per heavy atom. The molecule has 2 N–H and O–H groups in total. The number of hydrogen-bond donors (Lipinski definition) is 2. The number of amides is 1. The number of carbonyl (C=O) groups excluding carboxylic acids is 1. The number of aryl methyl sites for hydroxylation is 1. The van der Waals surface area contributed by atoms with Crippen LogP contribution in [0.25, 0.3) is 11.0 Å². The van der Waals surface area contributed by atoms with E-state index in [9.17, 15) is 14.9 Å². The SMILES string of the molecule is CCCn1c(NC(=O)c2ccc(NCC)c([N+](=O)[O-])c2)nc2ccccc21. The highest BCUT2D eigenvalue weighted by atomic mass is 16.6. The van der Waals surface area contributed by atoms with Gasteiger partial charge >= 0.3 is 0 Å². The van der Waals surface area contributed by atoms with E-state index in [-0.39, 0.29) is 11.3 Å². The number of imidazole rings is 1. The zero-order valence-electron chi connectivity index (χ0n) is 15.2. The second-order valence-electron chi connectivity index (χ2n) is 6.05. The van der Waals surface area contributed by atoms with Gasteiger partial charge in [-0.05, 0) is 37.6 Å². The first-order valence-electron chi connectivity index (χ1n) is 8.84. The van der Waals surface area contributed by atoms with Crippen LogP contribution in [-0.4, -0.2) is 26.9 Å². The van der Waals surface area contributed by atoms with E-state index in [2.05, 4.69) is 15.6 Å². The molecule has 0 radical (unpaired) electrons. The molecular weight excluding hydrogens is 346 g/mol. The molecule has 0 atom stereocenters. The topological polar surface area (TPSA) is 102 Å². The summed E-state index contributed by atoms with van der Waals surface area (Å²) in [7, 11) is 0. The number of nitrogens with one attached hydrogen (secondary N) is 2. The number of nitrogens with zero attached hydrogens (tertiary/aromatic N) is 3. The summed E-state index contributed by atoms with van der Waals surface area (Å²) in [5.74, 6) is -0.00438. The van der Waals surface area contributed by atoms with E-state index >= 15 is 0 Å². The maximum atomic E-state index is 12.7. The van der Waals surface area contributed by atoms with Crippen LogP contribution in [0.2, 0.25) is 0 Å². The van der Waals surface area contributed by atoms with Crippen LogP contribution in [0.1, 0.15) is 30.6 Å². The van der Waals surface area contributed by atoms with Crippen molar-refractivity contribution >= 4 is 34.3 Å². The molecule has 0 fully saturated rings. The Morgan fingerprint density at radius 2 is 2.00 bits per heavy atom. The first-order valence-corrected chi connectivity index (χ1v) is 8.84. The van der Waals surface area contributed by atoms with Gasteiger partial charge in [0.05, 0.1) is 16.0 Å². The van der Waals surface area contributed by atoms with Crippen LogP contribution in [0.15, 0.2) is 42.5 Å². The summed E-state index contributed by atoms with van der Waals surface area (Å²) in [6.45, 7) is 5.15. The third-order valence-corrected chi connectivity index (χ3v) is 4.15. The summed E-state index contributed by atoms with van der Waals surface area (Å²) >= 11 is 0. The average Bonchev–Trinajstić information content (AvgIpc) is 3.00. The number of para-hydroxylation sites is 2. The highest BCUT2D eigenvalue weighted by molar-refractivity contribution is 6.05. The van der Waals surface area contributed by atoms with Gasteiger partial charge in [0.1, 0.15) is 5.69 Å². The van der Waals surface area contributed by atoms with Crippen LogP contribution < -0.4 is 10.6 Å². The van der Waals surface area contributed by atoms with E-state index in [0.717, 1.165) is 17.5 Å². The highest BCUT2D eigenvalue weighted by Gasteiger charge is 2.19. The lowest BCUT2D eigenvalue weighted by Gasteiger charge is -2.10. The Hall–Kier alpha value is -3.42. The summed E-state index contributed by atoms with van der Waals surface area (Å²) in [6, 6.07) is 12.0. The van der Waals surface area contributed by atoms with Gasteiger partial charge in [0.25, 0.3) is 11.6 Å². The van der Waals surface area contributed by atoms with Crippen molar-refractivity contribution in [1.29, 1.82) is 0 Å². The Labute approximate surface area is 156 Å². The molecule has 1 aromatic heterocycles. The van der Waals surface area contributed by atoms with Crippen molar-refractivity contribution in [1.82, 2.24) is 9.55 Å². The predicted molar refractivity (Wildman–Crippen MR) is 105 cm³/mol. The lowest BCUT2D eigenvalue weighted by Crippen LogP contribution is -2.16. The number of nitro benzene ring substituents is 1. The van der Waals surface area contributed by atoms with E-state index in [1.54, 1.807) is 12.1 Å². The van der Waals surface area contributed by atoms with E-state index in [1.165, 1.54) is 6.07 Å². The molecule has 0 spiro atoms. The van der Waals surface area contributed by atoms with Gasteiger partial charge in [-0.3, -0.25) is 20.2 Å². The summed E-state index contributed by atoms with van der Waals surface area (Å²) < 4.78 is 1.94. The van der Waals surface area contributed by atoms with E-state index in [4.69, 9.17) is 0 Å². The van der Waals surface area contributed by atoms with Crippen LogP contribution in [0.5, 0.6) is 0 Å². The van der Waals surface area contributed by atoms with Gasteiger partial charge in [0.2, 0.25) is 5.95 Å². The van der Waals surface area contributed by atoms with E-state index in [1.807, 2.05) is 42.7 Å². The molecule has 0 saturated carbocycles. The van der Waals surface area contributed by atoms with Gasteiger partial charge in [-0.15, -0.1) is 0 Å². The predicted octanol–water partition coefficient (Wildman–Crippen LogP) is 4.04. The number of aromatic nitrogens is 2. The maximum absolute atomic E-state index is 12.7. The summed E-state index contributed by atoms with van der Waals surface area (Å²) in [4.78, 5) is 28.0. The molecule has 3 aromatic rings. The fraction of sp³-hybridized carbons (Fsp3) is 0.263. The Morgan fingerprint density at radius 1 is 1.22 bits per heavy atom. The van der Waals surface area contributed by atoms with Crippen molar-refractivity contribution in [3.8, 4) is 0 Å². The first-order chi connectivity index (χ1) is 13.0. The monoisotopic (exact) mass is 367 g/mol. The second-order valence-corrected chi connectivity index (χ2v) is 6.05. The standard InChI is InChI=1S/C19H21N5O3/c1-3-11-23-16-8-6-5-7-15(16)21-19(23)22-18(25)13-9-10-14(20-4-2)17(12-13)24(26)27/h5-10,12,20H,3-4,11H2,1-2H3,(H,21,22,25). The number of hydrogen-bond acceptors (Lipinski definition) is 5. The fourth-order valence-electron chi connectivity index (χ4n) is 2.96. The average molecular weight is 367 g/mol. The van der Waals surface area contributed by atoms with Crippen molar-refractivity contribution in [2.24, 2.45) is 0 Å². The van der Waals surface area contributed by atoms with Crippen LogP contribution in [-0.2, 0) is 6.54 Å². The summed E-state index contributed by atoms with van der Waals surface area (Å²) in [5.41, 5.74) is 2.18. The van der Waals surface area contributed by atoms with Gasteiger partial charge in [-0.2, -0.15) is 0 Å². The van der Waals surface area contributed by atoms with Crippen LogP contribution in [0, 0.1) is 10.1 Å². The number of anilines is 2. The Kier molecular flexibility index (Phi) is 5.35. The Bertz CT molecular complexity index is 996. The van der Waals surface area contributed by atoms with Crippen molar-refractivity contribution in [3.05, 3.63) is 58.1 Å². The highest BCUT2D eigenvalue weighted by Crippen LogP contribution is 2.26. The van der Waals surface area contributed by atoms with Crippen molar-refractivity contribution < 1.29 is 9.72 Å². The zero-order chi connectivity index (χ0) is 19.4. The minimum atomic E-state index is -0.499. The smallest absolute Gasteiger partial charge is 0.293 e. The lowest BCUT2D eigenvalue weighted by atomic mass is 10.1. The summed E-state index contributed by atoms with van der Waals surface area (Å²) in [5, 5.41) is 17.0. The molecule has 0 aliphatic rings. The molecule has 8 nitrogen and oxygen atoms in total. The van der Waals surface area contributed by atoms with Gasteiger partial charge in [-0.25, -0.2) is 4.98 Å². The van der Waals surface area contributed by atoms with Crippen molar-refractivity contribution in [2.45, 2.75) is 26.8 Å². The van der Waals surface area contributed by atoms with Crippen molar-refractivity contribution in [2.75, 3.05) is 17.2 Å². The number of carbonyl (C=O) groups is 1. The molecule has 0 bridgehead atoms. The molecule has 8 heteroatoms. The number of rotatable bonds is 7. The minimum absolute atomic E-state index is 0.133. The normalized spacial score (nSPS) is 10.7. The third-order valence-electron chi connectivity index (χ3n) is 4.15. The van der Waals surface area contributed by atoms with E-state index in [0.29, 0.717) is 24.7 Å². The van der Waals surface area contributed by atoms with Crippen LogP contribution >= 0.6 is 0 Å². The fourth-order valence-corrected chi connectivity index (χ4v) is 2.96. The largest absolute Gasteiger partial charge is 0.380 e. The number of benzene rings is 2. The minimum Gasteiger partial charge on any atom is -0.380 e. The van der Waals surface area contributed by atoms with Crippen LogP contribution in [0.4, 0.5) is 17.3 Å². The van der Waals surface area contributed by atoms with Gasteiger partial charge in [0, 0.05) is 24.7 Å². The van der Waals surface area contributed by atoms with Gasteiger partial charge < -0.3 is 9.88 Å². The third kappa shape index (κ3) is 3.74. The van der Waals surface area contributed by atoms with Gasteiger partial charge in [-0.1, -0.05) is 19.1 Å². The van der Waals surface area contributed by atoms with Gasteiger partial charge in [0.15, 0.2) is 0 Å². The molecule has 140 valence electrons. The van der Waals surface area contributed by atoms with E-state index < -0.39 is 10.8 Å². The first kappa shape index (κ1) is 18.4. The molecule has 3 rings (SSSR count). The Balaban J connectivity index is 1.94. The molecule has 27 heavy (non-hydrogen) atoms. The van der Waals surface area contributed by atoms with Crippen molar-refractivity contribution in [3.63, 3.8) is 0 Å². The molecule has 1 heterocycles. The maximum Gasteiger partial charge on any atom is 0.293 e. The molecule has 0 aliphatic heterocycles. The molecule has 1 amide bonds. The molecule has 2 aromatic carbocycles. The quantitative estimate of drug-likeness (QED) is 0.485. The molecule has 0 aliphatic carbocycles.